The van der Waals surface area contributed by atoms with Crippen molar-refractivity contribution in [3.63, 3.8) is 0 Å². The third-order valence-corrected chi connectivity index (χ3v) is 3.70. The summed E-state index contributed by atoms with van der Waals surface area (Å²) in [6, 6.07) is 7.76. The van der Waals surface area contributed by atoms with Gasteiger partial charge in [-0.25, -0.2) is 0 Å². The monoisotopic (exact) mass is 286 g/mol. The molecule has 6 nitrogen and oxygen atoms in total. The van der Waals surface area contributed by atoms with Gasteiger partial charge >= 0.3 is 0 Å². The fraction of sp³-hybridized carbons (Fsp3) is 0.333. The van der Waals surface area contributed by atoms with Crippen molar-refractivity contribution in [1.82, 2.24) is 20.9 Å². The second-order valence-electron chi connectivity index (χ2n) is 5.14. The van der Waals surface area contributed by atoms with Gasteiger partial charge in [0.1, 0.15) is 6.04 Å². The maximum Gasteiger partial charge on any atom is 0.238 e. The minimum atomic E-state index is -0.342. The molecule has 2 heterocycles. The number of para-hydroxylation sites is 1. The maximum atomic E-state index is 12.0. The zero-order chi connectivity index (χ0) is 14.7. The Hall–Kier alpha value is -2.34. The van der Waals surface area contributed by atoms with E-state index >= 15 is 0 Å². The molecule has 1 aromatic carbocycles. The van der Waals surface area contributed by atoms with Crippen LogP contribution in [0.15, 0.2) is 30.5 Å². The number of piperazine rings is 1. The van der Waals surface area contributed by atoms with Crippen LogP contribution in [0.25, 0.3) is 10.9 Å². The van der Waals surface area contributed by atoms with Crippen molar-refractivity contribution in [1.29, 1.82) is 0 Å². The van der Waals surface area contributed by atoms with E-state index in [1.807, 2.05) is 24.4 Å². The van der Waals surface area contributed by atoms with Crippen molar-refractivity contribution >= 4 is 22.7 Å². The third-order valence-electron chi connectivity index (χ3n) is 3.70. The zero-order valence-corrected chi connectivity index (χ0v) is 11.6. The van der Waals surface area contributed by atoms with E-state index in [1.54, 1.807) is 0 Å². The SMILES string of the molecule is O=C1CNC(C(=O)NCCc2c[nH]c3ccccc23)CN1. The van der Waals surface area contributed by atoms with Gasteiger partial charge in [-0.2, -0.15) is 0 Å². The molecule has 2 amide bonds. The number of nitrogens with one attached hydrogen (secondary N) is 4. The minimum absolute atomic E-state index is 0.0714. The molecular weight excluding hydrogens is 268 g/mol. The van der Waals surface area contributed by atoms with Crippen molar-refractivity contribution < 1.29 is 9.59 Å². The van der Waals surface area contributed by atoms with Crippen LogP contribution in [0, 0.1) is 0 Å². The zero-order valence-electron chi connectivity index (χ0n) is 11.6. The van der Waals surface area contributed by atoms with Crippen molar-refractivity contribution in [2.24, 2.45) is 0 Å². The van der Waals surface area contributed by atoms with Crippen LogP contribution in [0.5, 0.6) is 0 Å². The molecular formula is C15H18N4O2. The fourth-order valence-corrected chi connectivity index (χ4v) is 2.53. The molecule has 4 N–H and O–H groups in total. The molecule has 6 heteroatoms. The topological polar surface area (TPSA) is 86.0 Å². The Morgan fingerprint density at radius 2 is 2.19 bits per heavy atom. The van der Waals surface area contributed by atoms with Crippen molar-refractivity contribution in [3.05, 3.63) is 36.0 Å². The van der Waals surface area contributed by atoms with Gasteiger partial charge in [-0.1, -0.05) is 18.2 Å². The minimum Gasteiger partial charge on any atom is -0.361 e. The summed E-state index contributed by atoms with van der Waals surface area (Å²) in [5.41, 5.74) is 2.30. The highest BCUT2D eigenvalue weighted by Gasteiger charge is 2.23. The number of carbonyl (C=O) groups is 2. The van der Waals surface area contributed by atoms with Gasteiger partial charge in [0, 0.05) is 30.2 Å². The molecule has 21 heavy (non-hydrogen) atoms. The summed E-state index contributed by atoms with van der Waals surface area (Å²) in [6.45, 7) is 1.12. The molecule has 1 saturated heterocycles. The number of H-pyrrole nitrogens is 1. The number of carbonyl (C=O) groups excluding carboxylic acids is 2. The number of fused-ring (bicyclic) bond motifs is 1. The third kappa shape index (κ3) is 3.05. The average molecular weight is 286 g/mol. The summed E-state index contributed by atoms with van der Waals surface area (Å²) < 4.78 is 0. The lowest BCUT2D eigenvalue weighted by atomic mass is 10.1. The average Bonchev–Trinajstić information content (AvgIpc) is 2.91. The lowest BCUT2D eigenvalue weighted by Gasteiger charge is -2.23. The fourth-order valence-electron chi connectivity index (χ4n) is 2.53. The number of rotatable bonds is 4. The van der Waals surface area contributed by atoms with E-state index in [0.29, 0.717) is 13.1 Å². The van der Waals surface area contributed by atoms with Crippen LogP contribution in [-0.2, 0) is 16.0 Å². The van der Waals surface area contributed by atoms with Gasteiger partial charge in [0.25, 0.3) is 0 Å². The normalized spacial score (nSPS) is 18.5. The number of amides is 2. The summed E-state index contributed by atoms with van der Waals surface area (Å²) in [7, 11) is 0. The highest BCUT2D eigenvalue weighted by Crippen LogP contribution is 2.17. The van der Waals surface area contributed by atoms with E-state index in [-0.39, 0.29) is 24.4 Å². The van der Waals surface area contributed by atoms with Gasteiger partial charge < -0.3 is 15.6 Å². The Balaban J connectivity index is 1.52. The van der Waals surface area contributed by atoms with Crippen LogP contribution >= 0.6 is 0 Å². The van der Waals surface area contributed by atoms with Crippen LogP contribution in [0.4, 0.5) is 0 Å². The molecule has 0 saturated carbocycles. The van der Waals surface area contributed by atoms with Gasteiger partial charge in [0.15, 0.2) is 0 Å². The highest BCUT2D eigenvalue weighted by molar-refractivity contribution is 5.87. The van der Waals surface area contributed by atoms with Gasteiger partial charge in [-0.05, 0) is 18.1 Å². The van der Waals surface area contributed by atoms with Crippen LogP contribution in [0.2, 0.25) is 0 Å². The number of aromatic amines is 1. The molecule has 1 atom stereocenters. The molecule has 3 rings (SSSR count). The molecule has 1 unspecified atom stereocenters. The number of hydrogen-bond donors (Lipinski definition) is 4. The largest absolute Gasteiger partial charge is 0.361 e. The smallest absolute Gasteiger partial charge is 0.238 e. The molecule has 1 aromatic heterocycles. The first-order valence-electron chi connectivity index (χ1n) is 7.07. The molecule has 1 fully saturated rings. The second kappa shape index (κ2) is 5.97. The molecule has 0 spiro atoms. The van der Waals surface area contributed by atoms with E-state index in [2.05, 4.69) is 27.0 Å². The van der Waals surface area contributed by atoms with Gasteiger partial charge in [0.2, 0.25) is 11.8 Å². The Morgan fingerprint density at radius 3 is 3.00 bits per heavy atom. The molecule has 2 aromatic rings. The molecule has 0 bridgehead atoms. The lowest BCUT2D eigenvalue weighted by molar-refractivity contribution is -0.126. The van der Waals surface area contributed by atoms with E-state index in [9.17, 15) is 9.59 Å². The highest BCUT2D eigenvalue weighted by atomic mass is 16.2. The lowest BCUT2D eigenvalue weighted by Crippen LogP contribution is -2.58. The Bertz CT molecular complexity index is 654. The number of aromatic nitrogens is 1. The molecule has 1 aliphatic rings. The summed E-state index contributed by atoms with van der Waals surface area (Å²) in [6.07, 6.45) is 2.75. The van der Waals surface area contributed by atoms with E-state index in [0.717, 1.165) is 11.9 Å². The predicted molar refractivity (Wildman–Crippen MR) is 79.8 cm³/mol. The molecule has 1 aliphatic heterocycles. The summed E-state index contributed by atoms with van der Waals surface area (Å²) >= 11 is 0. The second-order valence-corrected chi connectivity index (χ2v) is 5.14. The van der Waals surface area contributed by atoms with Crippen LogP contribution in [-0.4, -0.2) is 42.5 Å². The van der Waals surface area contributed by atoms with Crippen molar-refractivity contribution in [2.75, 3.05) is 19.6 Å². The first kappa shape index (κ1) is 13.6. The molecule has 0 aliphatic carbocycles. The Labute approximate surface area is 122 Å². The van der Waals surface area contributed by atoms with Crippen LogP contribution in [0.1, 0.15) is 5.56 Å². The summed E-state index contributed by atoms with van der Waals surface area (Å²) in [5, 5.41) is 9.68. The van der Waals surface area contributed by atoms with Gasteiger partial charge in [0.05, 0.1) is 6.54 Å². The summed E-state index contributed by atoms with van der Waals surface area (Å²) in [4.78, 5) is 26.2. The quantitative estimate of drug-likeness (QED) is 0.634. The van der Waals surface area contributed by atoms with Crippen LogP contribution in [0.3, 0.4) is 0 Å². The van der Waals surface area contributed by atoms with Gasteiger partial charge in [-0.15, -0.1) is 0 Å². The number of hydrogen-bond acceptors (Lipinski definition) is 3. The van der Waals surface area contributed by atoms with E-state index in [1.165, 1.54) is 10.9 Å². The molecule has 0 radical (unpaired) electrons. The van der Waals surface area contributed by atoms with Crippen LogP contribution < -0.4 is 16.0 Å². The first-order valence-corrected chi connectivity index (χ1v) is 7.07. The van der Waals surface area contributed by atoms with Crippen molar-refractivity contribution in [3.8, 4) is 0 Å². The first-order chi connectivity index (χ1) is 10.2. The standard InChI is InChI=1S/C15H18N4O2/c20-14-9-18-13(8-19-14)15(21)16-6-5-10-7-17-12-4-2-1-3-11(10)12/h1-4,7,13,17-18H,5-6,8-9H2,(H,16,21)(H,19,20). The predicted octanol–water partition coefficient (Wildman–Crippen LogP) is -0.0854. The Morgan fingerprint density at radius 1 is 1.33 bits per heavy atom. The summed E-state index contributed by atoms with van der Waals surface area (Å²) in [5.74, 6) is -0.146. The number of benzene rings is 1. The Kier molecular flexibility index (Phi) is 3.87. The molecule has 110 valence electrons. The maximum absolute atomic E-state index is 12.0. The van der Waals surface area contributed by atoms with E-state index in [4.69, 9.17) is 0 Å². The van der Waals surface area contributed by atoms with Gasteiger partial charge in [-0.3, -0.25) is 14.9 Å². The van der Waals surface area contributed by atoms with Crippen molar-refractivity contribution in [2.45, 2.75) is 12.5 Å². The van der Waals surface area contributed by atoms with E-state index < -0.39 is 0 Å².